The van der Waals surface area contributed by atoms with Crippen LogP contribution in [0.3, 0.4) is 0 Å². The van der Waals surface area contributed by atoms with Gasteiger partial charge in [0, 0.05) is 30.9 Å². The van der Waals surface area contributed by atoms with Gasteiger partial charge in [-0.1, -0.05) is 37.0 Å². The third-order valence-corrected chi connectivity index (χ3v) is 8.20. The fraction of sp³-hybridized carbons (Fsp3) is 0.708. The highest BCUT2D eigenvalue weighted by molar-refractivity contribution is 7.99. The van der Waals surface area contributed by atoms with Crippen molar-refractivity contribution in [1.82, 2.24) is 10.2 Å². The highest BCUT2D eigenvalue weighted by atomic mass is 32.2. The van der Waals surface area contributed by atoms with E-state index in [1.807, 2.05) is 0 Å². The lowest BCUT2D eigenvalue weighted by Crippen LogP contribution is -2.57. The summed E-state index contributed by atoms with van der Waals surface area (Å²) in [6.07, 6.45) is 10.2. The number of amides is 1. The van der Waals surface area contributed by atoms with Crippen molar-refractivity contribution in [1.29, 1.82) is 0 Å². The molecule has 2 N–H and O–H groups in total. The number of hydrogen-bond acceptors (Lipinski definition) is 4. The van der Waals surface area contributed by atoms with E-state index in [9.17, 15) is 4.79 Å². The van der Waals surface area contributed by atoms with E-state index >= 15 is 0 Å². The molecule has 0 spiro atoms. The second-order valence-electron chi connectivity index (χ2n) is 9.26. The predicted molar refractivity (Wildman–Crippen MR) is 124 cm³/mol. The van der Waals surface area contributed by atoms with Crippen molar-refractivity contribution in [2.24, 2.45) is 0 Å². The van der Waals surface area contributed by atoms with Gasteiger partial charge < -0.3 is 15.5 Å². The molecular weight excluding hydrogens is 378 g/mol. The van der Waals surface area contributed by atoms with E-state index in [-0.39, 0.29) is 5.91 Å². The number of piperidine rings is 1. The summed E-state index contributed by atoms with van der Waals surface area (Å²) in [4.78, 5) is 16.1. The molecule has 2 heterocycles. The Morgan fingerprint density at radius 1 is 1.00 bits per heavy atom. The van der Waals surface area contributed by atoms with Gasteiger partial charge in [0.25, 0.3) is 0 Å². The largest absolute Gasteiger partial charge is 0.371 e. The molecule has 2 saturated heterocycles. The van der Waals surface area contributed by atoms with Crippen molar-refractivity contribution < 1.29 is 4.79 Å². The van der Waals surface area contributed by atoms with Gasteiger partial charge >= 0.3 is 0 Å². The maximum Gasteiger partial charge on any atom is 0.245 e. The lowest BCUT2D eigenvalue weighted by atomic mass is 9.80. The van der Waals surface area contributed by atoms with Gasteiger partial charge in [-0.3, -0.25) is 4.79 Å². The van der Waals surface area contributed by atoms with Crippen LogP contribution in [0.5, 0.6) is 0 Å². The maximum absolute atomic E-state index is 13.5. The zero-order chi connectivity index (χ0) is 20.1. The summed E-state index contributed by atoms with van der Waals surface area (Å²) in [5, 5.41) is 7.10. The summed E-state index contributed by atoms with van der Waals surface area (Å²) >= 11 is 2.10. The standard InChI is InChI=1S/C24H37N3OS/c1-19-5-7-21(8-6-19)26-24(13-3-2-4-14-24)23(28)25-20-9-15-27(16-10-20)22-11-17-29-18-12-22/h5-8,20,22,26H,2-4,9-18H2,1H3,(H,25,28). The highest BCUT2D eigenvalue weighted by Crippen LogP contribution is 2.33. The van der Waals surface area contributed by atoms with E-state index in [1.165, 1.54) is 36.3 Å². The van der Waals surface area contributed by atoms with Crippen LogP contribution in [-0.4, -0.2) is 53.0 Å². The van der Waals surface area contributed by atoms with Crippen LogP contribution in [0.15, 0.2) is 24.3 Å². The Labute approximate surface area is 180 Å². The first-order valence-corrected chi connectivity index (χ1v) is 12.8. The van der Waals surface area contributed by atoms with Gasteiger partial charge in [0.05, 0.1) is 0 Å². The Morgan fingerprint density at radius 2 is 1.66 bits per heavy atom. The summed E-state index contributed by atoms with van der Waals surface area (Å²) in [6.45, 7) is 4.38. The van der Waals surface area contributed by atoms with Crippen LogP contribution in [0.1, 0.15) is 63.4 Å². The SMILES string of the molecule is Cc1ccc(NC2(C(=O)NC3CCN(C4CCSCC4)CC3)CCCCC2)cc1. The molecule has 5 heteroatoms. The van der Waals surface area contributed by atoms with Gasteiger partial charge in [-0.25, -0.2) is 0 Å². The van der Waals surface area contributed by atoms with Crippen LogP contribution < -0.4 is 10.6 Å². The highest BCUT2D eigenvalue weighted by Gasteiger charge is 2.40. The van der Waals surface area contributed by atoms with Gasteiger partial charge in [0.2, 0.25) is 5.91 Å². The van der Waals surface area contributed by atoms with Crippen molar-refractivity contribution in [3.63, 3.8) is 0 Å². The van der Waals surface area contributed by atoms with Crippen LogP contribution >= 0.6 is 11.8 Å². The number of likely N-dealkylation sites (tertiary alicyclic amines) is 1. The Kier molecular flexibility index (Phi) is 7.07. The Morgan fingerprint density at radius 3 is 2.31 bits per heavy atom. The maximum atomic E-state index is 13.5. The number of nitrogens with zero attached hydrogens (tertiary/aromatic N) is 1. The monoisotopic (exact) mass is 415 g/mol. The van der Waals surface area contributed by atoms with E-state index in [0.29, 0.717) is 6.04 Å². The number of thioether (sulfide) groups is 1. The fourth-order valence-corrected chi connectivity index (χ4v) is 6.34. The van der Waals surface area contributed by atoms with Gasteiger partial charge in [0.15, 0.2) is 0 Å². The molecule has 4 nitrogen and oxygen atoms in total. The molecule has 0 atom stereocenters. The van der Waals surface area contributed by atoms with Crippen molar-refractivity contribution in [2.45, 2.75) is 82.3 Å². The van der Waals surface area contributed by atoms with Gasteiger partial charge in [-0.15, -0.1) is 0 Å². The van der Waals surface area contributed by atoms with E-state index in [1.54, 1.807) is 0 Å². The van der Waals surface area contributed by atoms with E-state index in [0.717, 1.165) is 63.3 Å². The molecule has 0 bridgehead atoms. The summed E-state index contributed by atoms with van der Waals surface area (Å²) in [5.74, 6) is 2.86. The number of anilines is 1. The molecule has 1 amide bonds. The summed E-state index contributed by atoms with van der Waals surface area (Å²) in [5.41, 5.74) is 1.88. The number of aryl methyl sites for hydroxylation is 1. The molecule has 2 aliphatic heterocycles. The number of benzene rings is 1. The molecule has 1 aromatic rings. The first kappa shape index (κ1) is 21.0. The minimum absolute atomic E-state index is 0.227. The normalized spacial score (nSPS) is 24.2. The first-order chi connectivity index (χ1) is 14.1. The lowest BCUT2D eigenvalue weighted by Gasteiger charge is -2.42. The molecule has 1 aromatic carbocycles. The summed E-state index contributed by atoms with van der Waals surface area (Å²) in [7, 11) is 0. The summed E-state index contributed by atoms with van der Waals surface area (Å²) in [6, 6.07) is 9.57. The second kappa shape index (κ2) is 9.74. The third-order valence-electron chi connectivity index (χ3n) is 7.15. The molecule has 3 aliphatic rings. The molecule has 3 fully saturated rings. The third kappa shape index (κ3) is 5.29. The number of nitrogens with one attached hydrogen (secondary N) is 2. The molecule has 4 rings (SSSR count). The quantitative estimate of drug-likeness (QED) is 0.738. The van der Waals surface area contributed by atoms with Gasteiger partial charge in [-0.2, -0.15) is 11.8 Å². The summed E-state index contributed by atoms with van der Waals surface area (Å²) < 4.78 is 0. The molecule has 160 valence electrons. The van der Waals surface area contributed by atoms with Crippen LogP contribution in [0.2, 0.25) is 0 Å². The molecule has 0 unspecified atom stereocenters. The molecule has 29 heavy (non-hydrogen) atoms. The van der Waals surface area contributed by atoms with Crippen LogP contribution in [0.25, 0.3) is 0 Å². The Hall–Kier alpha value is -1.20. The number of carbonyl (C=O) groups excluding carboxylic acids is 1. The Bertz CT molecular complexity index is 657. The van der Waals surface area contributed by atoms with Crippen LogP contribution in [-0.2, 0) is 4.79 Å². The van der Waals surface area contributed by atoms with E-state index in [2.05, 4.69) is 58.5 Å². The topological polar surface area (TPSA) is 44.4 Å². The smallest absolute Gasteiger partial charge is 0.245 e. The van der Waals surface area contributed by atoms with Crippen molar-refractivity contribution >= 4 is 23.4 Å². The predicted octanol–water partition coefficient (Wildman–Crippen LogP) is 4.59. The van der Waals surface area contributed by atoms with E-state index < -0.39 is 5.54 Å². The average molecular weight is 416 g/mol. The Balaban J connectivity index is 1.35. The first-order valence-electron chi connectivity index (χ1n) is 11.6. The number of hydrogen-bond donors (Lipinski definition) is 2. The zero-order valence-electron chi connectivity index (χ0n) is 17.9. The minimum atomic E-state index is -0.439. The van der Waals surface area contributed by atoms with Gasteiger partial charge in [0.1, 0.15) is 5.54 Å². The van der Waals surface area contributed by atoms with Crippen LogP contribution in [0.4, 0.5) is 5.69 Å². The van der Waals surface area contributed by atoms with Crippen molar-refractivity contribution in [3.8, 4) is 0 Å². The van der Waals surface area contributed by atoms with Crippen molar-refractivity contribution in [3.05, 3.63) is 29.8 Å². The molecule has 0 radical (unpaired) electrons. The molecule has 0 aromatic heterocycles. The van der Waals surface area contributed by atoms with E-state index in [4.69, 9.17) is 0 Å². The lowest BCUT2D eigenvalue weighted by molar-refractivity contribution is -0.127. The fourth-order valence-electron chi connectivity index (χ4n) is 5.26. The van der Waals surface area contributed by atoms with Gasteiger partial charge in [-0.05, 0) is 69.1 Å². The number of carbonyl (C=O) groups is 1. The second-order valence-corrected chi connectivity index (χ2v) is 10.5. The molecule has 1 aliphatic carbocycles. The minimum Gasteiger partial charge on any atom is -0.371 e. The molecule has 1 saturated carbocycles. The van der Waals surface area contributed by atoms with Crippen molar-refractivity contribution in [2.75, 3.05) is 29.9 Å². The number of rotatable bonds is 5. The average Bonchev–Trinajstić information content (AvgIpc) is 2.77. The molecular formula is C24H37N3OS. The van der Waals surface area contributed by atoms with Crippen LogP contribution in [0, 0.1) is 6.92 Å². The zero-order valence-corrected chi connectivity index (χ0v) is 18.7.